The standard InChI is InChI=1S/C16H20N2/c1-15(2)9-5-10-16(15,17)13-7-3-8-14-12(13)6-4-11-18-14/h3-4,6-8,11H,5,9-10,17H2,1-2H3. The fourth-order valence-electron chi connectivity index (χ4n) is 3.36. The minimum atomic E-state index is -0.227. The fraction of sp³-hybridized carbons (Fsp3) is 0.438. The number of pyridine rings is 1. The van der Waals surface area contributed by atoms with Crippen LogP contribution in [0.25, 0.3) is 10.9 Å². The van der Waals surface area contributed by atoms with Crippen LogP contribution in [0.5, 0.6) is 0 Å². The summed E-state index contributed by atoms with van der Waals surface area (Å²) in [5.41, 5.74) is 9.02. The first-order valence-corrected chi connectivity index (χ1v) is 6.68. The number of aromatic nitrogens is 1. The summed E-state index contributed by atoms with van der Waals surface area (Å²) >= 11 is 0. The molecule has 1 aromatic heterocycles. The summed E-state index contributed by atoms with van der Waals surface area (Å²) < 4.78 is 0. The molecule has 18 heavy (non-hydrogen) atoms. The lowest BCUT2D eigenvalue weighted by atomic mass is 9.70. The molecule has 1 atom stereocenters. The molecular formula is C16H20N2. The van der Waals surface area contributed by atoms with Crippen LogP contribution in [0.4, 0.5) is 0 Å². The van der Waals surface area contributed by atoms with Crippen molar-refractivity contribution in [2.24, 2.45) is 11.1 Å². The number of nitrogens with zero attached hydrogens (tertiary/aromatic N) is 1. The minimum absolute atomic E-state index is 0.150. The fourth-order valence-corrected chi connectivity index (χ4v) is 3.36. The highest BCUT2D eigenvalue weighted by Crippen LogP contribution is 2.51. The van der Waals surface area contributed by atoms with Gasteiger partial charge in [0, 0.05) is 17.1 Å². The van der Waals surface area contributed by atoms with Gasteiger partial charge in [-0.15, -0.1) is 0 Å². The van der Waals surface area contributed by atoms with Crippen LogP contribution < -0.4 is 5.73 Å². The molecule has 1 saturated carbocycles. The summed E-state index contributed by atoms with van der Waals surface area (Å²) in [6.07, 6.45) is 5.31. The quantitative estimate of drug-likeness (QED) is 0.827. The molecule has 0 spiro atoms. The lowest BCUT2D eigenvalue weighted by molar-refractivity contribution is 0.212. The topological polar surface area (TPSA) is 38.9 Å². The molecule has 1 aliphatic carbocycles. The van der Waals surface area contributed by atoms with Crippen molar-refractivity contribution in [3.63, 3.8) is 0 Å². The number of hydrogen-bond donors (Lipinski definition) is 1. The average molecular weight is 240 g/mol. The highest BCUT2D eigenvalue weighted by Gasteiger charge is 2.47. The van der Waals surface area contributed by atoms with Gasteiger partial charge in [-0.2, -0.15) is 0 Å². The van der Waals surface area contributed by atoms with Gasteiger partial charge in [-0.3, -0.25) is 4.98 Å². The zero-order valence-electron chi connectivity index (χ0n) is 11.1. The van der Waals surface area contributed by atoms with Crippen LogP contribution >= 0.6 is 0 Å². The van der Waals surface area contributed by atoms with E-state index < -0.39 is 0 Å². The molecule has 1 heterocycles. The lowest BCUT2D eigenvalue weighted by Crippen LogP contribution is -2.45. The Balaban J connectivity index is 2.26. The van der Waals surface area contributed by atoms with Crippen LogP contribution in [0.15, 0.2) is 36.5 Å². The van der Waals surface area contributed by atoms with Crippen molar-refractivity contribution in [1.82, 2.24) is 4.98 Å². The zero-order chi connectivity index (χ0) is 12.8. The Bertz CT molecular complexity index is 583. The normalized spacial score (nSPS) is 26.6. The summed E-state index contributed by atoms with van der Waals surface area (Å²) in [6, 6.07) is 10.5. The highest BCUT2D eigenvalue weighted by atomic mass is 14.8. The van der Waals surface area contributed by atoms with E-state index in [1.165, 1.54) is 23.8 Å². The third-order valence-electron chi connectivity index (χ3n) is 4.71. The SMILES string of the molecule is CC1(C)CCCC1(N)c1cccc2ncccc12. The van der Waals surface area contributed by atoms with E-state index in [0.29, 0.717) is 0 Å². The maximum absolute atomic E-state index is 6.80. The first-order chi connectivity index (χ1) is 8.55. The third kappa shape index (κ3) is 1.49. The largest absolute Gasteiger partial charge is 0.321 e. The van der Waals surface area contributed by atoms with E-state index in [1.807, 2.05) is 12.3 Å². The molecule has 2 N–H and O–H groups in total. The molecule has 0 amide bonds. The molecule has 2 heteroatoms. The lowest BCUT2D eigenvalue weighted by Gasteiger charge is -2.39. The van der Waals surface area contributed by atoms with E-state index in [-0.39, 0.29) is 11.0 Å². The predicted molar refractivity (Wildman–Crippen MR) is 75.2 cm³/mol. The highest BCUT2D eigenvalue weighted by molar-refractivity contribution is 5.83. The second-order valence-corrected chi connectivity index (χ2v) is 6.08. The van der Waals surface area contributed by atoms with Crippen LogP contribution in [-0.2, 0) is 5.54 Å². The van der Waals surface area contributed by atoms with Crippen molar-refractivity contribution >= 4 is 10.9 Å². The molecule has 0 saturated heterocycles. The molecule has 3 rings (SSSR count). The van der Waals surface area contributed by atoms with E-state index in [4.69, 9.17) is 5.73 Å². The Kier molecular flexibility index (Phi) is 2.46. The molecular weight excluding hydrogens is 220 g/mol. The summed E-state index contributed by atoms with van der Waals surface area (Å²) in [4.78, 5) is 4.44. The van der Waals surface area contributed by atoms with Gasteiger partial charge in [-0.25, -0.2) is 0 Å². The summed E-state index contributed by atoms with van der Waals surface area (Å²) in [6.45, 7) is 4.57. The first kappa shape index (κ1) is 11.7. The number of hydrogen-bond acceptors (Lipinski definition) is 2. The van der Waals surface area contributed by atoms with Crippen LogP contribution in [0.1, 0.15) is 38.7 Å². The van der Waals surface area contributed by atoms with E-state index in [0.717, 1.165) is 11.9 Å². The van der Waals surface area contributed by atoms with Gasteiger partial charge < -0.3 is 5.73 Å². The molecule has 1 aliphatic rings. The Morgan fingerprint density at radius 3 is 2.67 bits per heavy atom. The van der Waals surface area contributed by atoms with Gasteiger partial charge in [0.25, 0.3) is 0 Å². The van der Waals surface area contributed by atoms with Gasteiger partial charge in [0.05, 0.1) is 5.52 Å². The van der Waals surface area contributed by atoms with Crippen LogP contribution in [0.3, 0.4) is 0 Å². The summed E-state index contributed by atoms with van der Waals surface area (Å²) in [7, 11) is 0. The van der Waals surface area contributed by atoms with Crippen molar-refractivity contribution in [3.8, 4) is 0 Å². The second-order valence-electron chi connectivity index (χ2n) is 6.08. The van der Waals surface area contributed by atoms with Crippen LogP contribution in [0, 0.1) is 5.41 Å². The Labute approximate surface area is 108 Å². The van der Waals surface area contributed by atoms with Crippen molar-refractivity contribution in [3.05, 3.63) is 42.1 Å². The molecule has 1 aromatic carbocycles. The molecule has 2 aromatic rings. The predicted octanol–water partition coefficient (Wildman–Crippen LogP) is 3.60. The van der Waals surface area contributed by atoms with Gasteiger partial charge in [-0.1, -0.05) is 38.5 Å². The monoisotopic (exact) mass is 240 g/mol. The number of benzene rings is 1. The van der Waals surface area contributed by atoms with E-state index in [9.17, 15) is 0 Å². The summed E-state index contributed by atoms with van der Waals surface area (Å²) in [5.74, 6) is 0. The Morgan fingerprint density at radius 2 is 1.94 bits per heavy atom. The van der Waals surface area contributed by atoms with Crippen molar-refractivity contribution in [1.29, 1.82) is 0 Å². The van der Waals surface area contributed by atoms with Gasteiger partial charge >= 0.3 is 0 Å². The van der Waals surface area contributed by atoms with Gasteiger partial charge in [0.2, 0.25) is 0 Å². The Morgan fingerprint density at radius 1 is 1.11 bits per heavy atom. The smallest absolute Gasteiger partial charge is 0.0705 e. The maximum atomic E-state index is 6.80. The maximum Gasteiger partial charge on any atom is 0.0705 e. The molecule has 1 unspecified atom stereocenters. The molecule has 0 bridgehead atoms. The van der Waals surface area contributed by atoms with Crippen molar-refractivity contribution in [2.45, 2.75) is 38.6 Å². The van der Waals surface area contributed by atoms with Gasteiger partial charge in [0.15, 0.2) is 0 Å². The molecule has 1 fully saturated rings. The zero-order valence-corrected chi connectivity index (χ0v) is 11.1. The van der Waals surface area contributed by atoms with E-state index in [1.54, 1.807) is 0 Å². The van der Waals surface area contributed by atoms with Gasteiger partial charge in [0.1, 0.15) is 0 Å². The summed E-state index contributed by atoms with van der Waals surface area (Å²) in [5, 5.41) is 1.21. The van der Waals surface area contributed by atoms with Crippen LogP contribution in [-0.4, -0.2) is 4.98 Å². The number of fused-ring (bicyclic) bond motifs is 1. The Hall–Kier alpha value is -1.41. The first-order valence-electron chi connectivity index (χ1n) is 6.68. The van der Waals surface area contributed by atoms with Crippen molar-refractivity contribution in [2.75, 3.05) is 0 Å². The molecule has 0 aliphatic heterocycles. The third-order valence-corrected chi connectivity index (χ3v) is 4.71. The van der Waals surface area contributed by atoms with E-state index >= 15 is 0 Å². The average Bonchev–Trinajstić information content (AvgIpc) is 2.64. The second kappa shape index (κ2) is 3.79. The van der Waals surface area contributed by atoms with Crippen LogP contribution in [0.2, 0.25) is 0 Å². The van der Waals surface area contributed by atoms with E-state index in [2.05, 4.69) is 43.1 Å². The van der Waals surface area contributed by atoms with Crippen molar-refractivity contribution < 1.29 is 0 Å². The number of nitrogens with two attached hydrogens (primary N) is 1. The molecule has 0 radical (unpaired) electrons. The van der Waals surface area contributed by atoms with Gasteiger partial charge in [-0.05, 0) is 36.0 Å². The molecule has 94 valence electrons. The molecule has 2 nitrogen and oxygen atoms in total. The number of rotatable bonds is 1. The minimum Gasteiger partial charge on any atom is -0.321 e.